The van der Waals surface area contributed by atoms with Gasteiger partial charge in [-0.15, -0.1) is 12.6 Å². The van der Waals surface area contributed by atoms with Crippen molar-refractivity contribution in [2.45, 2.75) is 11.8 Å². The van der Waals surface area contributed by atoms with E-state index in [1.54, 1.807) is 0 Å². The van der Waals surface area contributed by atoms with E-state index < -0.39 is 0 Å². The van der Waals surface area contributed by atoms with Crippen molar-refractivity contribution in [3.63, 3.8) is 0 Å². The minimum Gasteiger partial charge on any atom is -0.398 e. The molecule has 0 atom stereocenters. The first kappa shape index (κ1) is 12.1. The maximum Gasteiger partial charge on any atom is 0.0397 e. The van der Waals surface area contributed by atoms with Crippen molar-refractivity contribution in [3.8, 4) is 11.1 Å². The van der Waals surface area contributed by atoms with Gasteiger partial charge in [0.2, 0.25) is 0 Å². The third kappa shape index (κ3) is 1.98. The maximum absolute atomic E-state index is 6.18. The van der Waals surface area contributed by atoms with E-state index in [0.717, 1.165) is 21.7 Å². The fourth-order valence-electron chi connectivity index (χ4n) is 2.52. The van der Waals surface area contributed by atoms with Gasteiger partial charge in [-0.2, -0.15) is 0 Å². The molecule has 0 saturated carbocycles. The van der Waals surface area contributed by atoms with E-state index >= 15 is 0 Å². The van der Waals surface area contributed by atoms with Crippen LogP contribution in [0.25, 0.3) is 21.9 Å². The normalized spacial score (nSPS) is 10.8. The molecule has 3 rings (SSSR count). The molecule has 1 nitrogen and oxygen atoms in total. The summed E-state index contributed by atoms with van der Waals surface area (Å²) >= 11 is 4.50. The Labute approximate surface area is 118 Å². The first-order valence-corrected chi connectivity index (χ1v) is 6.69. The van der Waals surface area contributed by atoms with Crippen molar-refractivity contribution in [2.75, 3.05) is 5.73 Å². The molecule has 0 bridgehead atoms. The predicted molar refractivity (Wildman–Crippen MR) is 85.8 cm³/mol. The fourth-order valence-corrected chi connectivity index (χ4v) is 2.71. The summed E-state index contributed by atoms with van der Waals surface area (Å²) in [5.41, 5.74) is 10.4. The number of benzene rings is 3. The van der Waals surface area contributed by atoms with Gasteiger partial charge in [-0.3, -0.25) is 0 Å². The highest BCUT2D eigenvalue weighted by atomic mass is 32.1. The number of hydrogen-bond acceptors (Lipinski definition) is 2. The van der Waals surface area contributed by atoms with Crippen LogP contribution in [0.1, 0.15) is 5.56 Å². The van der Waals surface area contributed by atoms with Crippen LogP contribution in [-0.4, -0.2) is 0 Å². The summed E-state index contributed by atoms with van der Waals surface area (Å²) < 4.78 is 0. The lowest BCUT2D eigenvalue weighted by atomic mass is 9.94. The second kappa shape index (κ2) is 4.63. The summed E-state index contributed by atoms with van der Waals surface area (Å²) in [6.07, 6.45) is 0. The molecular weight excluding hydrogens is 250 g/mol. The van der Waals surface area contributed by atoms with Crippen molar-refractivity contribution in [1.82, 2.24) is 0 Å². The molecule has 19 heavy (non-hydrogen) atoms. The molecular formula is C17H15NS. The van der Waals surface area contributed by atoms with Crippen LogP contribution in [0.2, 0.25) is 0 Å². The minimum atomic E-state index is 0.798. The highest BCUT2D eigenvalue weighted by molar-refractivity contribution is 7.80. The summed E-state index contributed by atoms with van der Waals surface area (Å²) in [5.74, 6) is 0. The van der Waals surface area contributed by atoms with E-state index in [1.165, 1.54) is 16.3 Å². The average molecular weight is 265 g/mol. The number of nitrogens with two attached hydrogens (primary N) is 1. The van der Waals surface area contributed by atoms with Gasteiger partial charge in [0.05, 0.1) is 0 Å². The Morgan fingerprint density at radius 3 is 2.47 bits per heavy atom. The molecule has 0 aliphatic carbocycles. The number of rotatable bonds is 1. The molecule has 0 spiro atoms. The Kier molecular flexibility index (Phi) is 2.96. The van der Waals surface area contributed by atoms with Gasteiger partial charge in [0, 0.05) is 16.1 Å². The molecule has 0 aliphatic heterocycles. The monoisotopic (exact) mass is 265 g/mol. The minimum absolute atomic E-state index is 0.798. The zero-order valence-electron chi connectivity index (χ0n) is 10.7. The molecule has 3 aromatic rings. The molecule has 0 saturated heterocycles. The maximum atomic E-state index is 6.18. The first-order valence-electron chi connectivity index (χ1n) is 6.24. The average Bonchev–Trinajstić information content (AvgIpc) is 2.44. The molecule has 2 heteroatoms. The van der Waals surface area contributed by atoms with Crippen molar-refractivity contribution >= 4 is 29.1 Å². The topological polar surface area (TPSA) is 26.0 Å². The van der Waals surface area contributed by atoms with Gasteiger partial charge < -0.3 is 5.73 Å². The van der Waals surface area contributed by atoms with E-state index in [0.29, 0.717) is 0 Å². The van der Waals surface area contributed by atoms with Gasteiger partial charge >= 0.3 is 0 Å². The molecule has 0 amide bonds. The van der Waals surface area contributed by atoms with Gasteiger partial charge in [0.15, 0.2) is 0 Å². The fraction of sp³-hybridized carbons (Fsp3) is 0.0588. The van der Waals surface area contributed by atoms with E-state index in [2.05, 4.69) is 62.0 Å². The number of fused-ring (bicyclic) bond motifs is 1. The lowest BCUT2D eigenvalue weighted by Crippen LogP contribution is -1.94. The zero-order chi connectivity index (χ0) is 13.4. The van der Waals surface area contributed by atoms with Gasteiger partial charge in [-0.25, -0.2) is 0 Å². The molecule has 0 aliphatic rings. The van der Waals surface area contributed by atoms with Crippen LogP contribution in [-0.2, 0) is 0 Å². The second-order valence-corrected chi connectivity index (χ2v) is 5.18. The molecule has 2 N–H and O–H groups in total. The highest BCUT2D eigenvalue weighted by Gasteiger charge is 2.11. The van der Waals surface area contributed by atoms with Crippen molar-refractivity contribution < 1.29 is 0 Å². The van der Waals surface area contributed by atoms with Crippen LogP contribution in [0.15, 0.2) is 59.5 Å². The van der Waals surface area contributed by atoms with Gasteiger partial charge in [-0.1, -0.05) is 42.5 Å². The van der Waals surface area contributed by atoms with Gasteiger partial charge in [0.1, 0.15) is 0 Å². The largest absolute Gasteiger partial charge is 0.398 e. The molecule has 0 aromatic heterocycles. The number of hydrogen-bond donors (Lipinski definition) is 2. The summed E-state index contributed by atoms with van der Waals surface area (Å²) in [5, 5.41) is 2.45. The van der Waals surface area contributed by atoms with Crippen LogP contribution in [0.5, 0.6) is 0 Å². The van der Waals surface area contributed by atoms with Gasteiger partial charge in [-0.05, 0) is 41.0 Å². The van der Waals surface area contributed by atoms with Crippen LogP contribution in [0, 0.1) is 6.92 Å². The van der Waals surface area contributed by atoms with Crippen molar-refractivity contribution in [3.05, 3.63) is 60.2 Å². The van der Waals surface area contributed by atoms with Crippen LogP contribution in [0.4, 0.5) is 5.69 Å². The number of anilines is 1. The summed E-state index contributed by atoms with van der Waals surface area (Å²) in [4.78, 5) is 0.970. The van der Waals surface area contributed by atoms with Crippen molar-refractivity contribution in [1.29, 1.82) is 0 Å². The Balaban J connectivity index is 2.40. The Morgan fingerprint density at radius 1 is 0.895 bits per heavy atom. The summed E-state index contributed by atoms with van der Waals surface area (Å²) in [6, 6.07) is 18.5. The molecule has 0 unspecified atom stereocenters. The quantitative estimate of drug-likeness (QED) is 0.484. The summed E-state index contributed by atoms with van der Waals surface area (Å²) in [6.45, 7) is 2.07. The third-order valence-corrected chi connectivity index (χ3v) is 4.01. The zero-order valence-corrected chi connectivity index (χ0v) is 11.6. The SMILES string of the molecule is Cc1c(S)ccc(N)c1-c1cccc2ccccc12. The third-order valence-electron chi connectivity index (χ3n) is 3.53. The standard InChI is InChI=1S/C17H15NS/c1-11-16(19)10-9-15(18)17(11)14-8-4-6-12-5-2-3-7-13(12)14/h2-10,19H,18H2,1H3. The lowest BCUT2D eigenvalue weighted by molar-refractivity contribution is 1.32. The Bertz CT molecular complexity index is 757. The second-order valence-electron chi connectivity index (χ2n) is 4.70. The predicted octanol–water partition coefficient (Wildman–Crippen LogP) is 4.69. The Morgan fingerprint density at radius 2 is 1.63 bits per heavy atom. The van der Waals surface area contributed by atoms with Crippen molar-refractivity contribution in [2.24, 2.45) is 0 Å². The van der Waals surface area contributed by atoms with E-state index in [-0.39, 0.29) is 0 Å². The number of nitrogen functional groups attached to an aromatic ring is 1. The van der Waals surface area contributed by atoms with Crippen LogP contribution < -0.4 is 5.73 Å². The first-order chi connectivity index (χ1) is 9.18. The highest BCUT2D eigenvalue weighted by Crippen LogP contribution is 2.36. The van der Waals surface area contributed by atoms with Crippen LogP contribution in [0.3, 0.4) is 0 Å². The molecule has 94 valence electrons. The molecule has 0 heterocycles. The molecule has 0 fully saturated rings. The number of thiol groups is 1. The molecule has 0 radical (unpaired) electrons. The van der Waals surface area contributed by atoms with E-state index in [1.807, 2.05) is 12.1 Å². The van der Waals surface area contributed by atoms with Crippen LogP contribution >= 0.6 is 12.6 Å². The lowest BCUT2D eigenvalue weighted by Gasteiger charge is -2.14. The van der Waals surface area contributed by atoms with E-state index in [9.17, 15) is 0 Å². The Hall–Kier alpha value is -1.93. The van der Waals surface area contributed by atoms with E-state index in [4.69, 9.17) is 5.73 Å². The van der Waals surface area contributed by atoms with Gasteiger partial charge in [0.25, 0.3) is 0 Å². The smallest absolute Gasteiger partial charge is 0.0397 e. The molecule has 3 aromatic carbocycles. The summed E-state index contributed by atoms with van der Waals surface area (Å²) in [7, 11) is 0.